The smallest absolute Gasteiger partial charge is 0.269 e. The molecule has 2 N–H and O–H groups in total. The summed E-state index contributed by atoms with van der Waals surface area (Å²) in [5.41, 5.74) is 1.01. The van der Waals surface area contributed by atoms with Crippen molar-refractivity contribution in [1.29, 1.82) is 0 Å². The molecule has 0 spiro atoms. The zero-order valence-electron chi connectivity index (χ0n) is 15.6. The number of nitrogens with zero attached hydrogens (tertiary/aromatic N) is 2. The maximum absolute atomic E-state index is 10.7. The topological polar surface area (TPSA) is 88.8 Å². The predicted molar refractivity (Wildman–Crippen MR) is 101 cm³/mol. The number of methoxy groups -OCH3 is 1. The summed E-state index contributed by atoms with van der Waals surface area (Å²) in [5.74, 6) is 1.40. The van der Waals surface area contributed by atoms with Gasteiger partial charge in [0.05, 0.1) is 18.1 Å². The van der Waals surface area contributed by atoms with Crippen molar-refractivity contribution in [1.82, 2.24) is 10.6 Å². The lowest BCUT2D eigenvalue weighted by molar-refractivity contribution is -0.384. The van der Waals surface area contributed by atoms with Gasteiger partial charge in [-0.3, -0.25) is 10.1 Å². The molecule has 140 valence electrons. The zero-order chi connectivity index (χ0) is 18.7. The standard InChI is InChI=1S/C18H30N4O3/c1-14(2)5-6-15(3)21-18(19-11-12-25-4)20-13-16-7-9-17(10-8-16)22(23)24/h7-10,14-15H,5-6,11-13H2,1-4H3,(H2,19,20,21). The van der Waals surface area contributed by atoms with Gasteiger partial charge in [-0.15, -0.1) is 0 Å². The van der Waals surface area contributed by atoms with Crippen molar-refractivity contribution in [2.75, 3.05) is 20.3 Å². The minimum Gasteiger partial charge on any atom is -0.383 e. The lowest BCUT2D eigenvalue weighted by Crippen LogP contribution is -2.43. The molecule has 25 heavy (non-hydrogen) atoms. The van der Waals surface area contributed by atoms with Crippen molar-refractivity contribution < 1.29 is 9.66 Å². The van der Waals surface area contributed by atoms with Gasteiger partial charge in [0.15, 0.2) is 5.96 Å². The second-order valence-electron chi connectivity index (χ2n) is 6.52. The third-order valence-corrected chi connectivity index (χ3v) is 3.73. The average Bonchev–Trinajstić information content (AvgIpc) is 2.58. The Bertz CT molecular complexity index is 544. The van der Waals surface area contributed by atoms with Crippen LogP contribution in [0.2, 0.25) is 0 Å². The third-order valence-electron chi connectivity index (χ3n) is 3.73. The van der Waals surface area contributed by atoms with Crippen LogP contribution in [0.3, 0.4) is 0 Å². The van der Waals surface area contributed by atoms with Crippen LogP contribution in [0.15, 0.2) is 29.3 Å². The minimum atomic E-state index is -0.400. The number of rotatable bonds is 10. The number of benzene rings is 1. The Morgan fingerprint density at radius 2 is 1.92 bits per heavy atom. The van der Waals surface area contributed by atoms with E-state index in [4.69, 9.17) is 4.74 Å². The number of hydrogen-bond donors (Lipinski definition) is 2. The molecule has 1 aromatic rings. The quantitative estimate of drug-likeness (QED) is 0.222. The first-order chi connectivity index (χ1) is 11.9. The van der Waals surface area contributed by atoms with Gasteiger partial charge in [-0.1, -0.05) is 26.0 Å². The maximum atomic E-state index is 10.7. The number of non-ortho nitro benzene ring substituents is 1. The number of aliphatic imine (C=N–C) groups is 1. The number of nitro benzene ring substituents is 1. The van der Waals surface area contributed by atoms with Crippen LogP contribution in [0.1, 0.15) is 39.2 Å². The van der Waals surface area contributed by atoms with Crippen LogP contribution in [-0.2, 0) is 11.3 Å². The van der Waals surface area contributed by atoms with Gasteiger partial charge in [0.2, 0.25) is 0 Å². The summed E-state index contributed by atoms with van der Waals surface area (Å²) in [6, 6.07) is 6.78. The van der Waals surface area contributed by atoms with E-state index >= 15 is 0 Å². The molecule has 0 aliphatic heterocycles. The predicted octanol–water partition coefficient (Wildman–Crippen LogP) is 3.10. The van der Waals surface area contributed by atoms with Crippen molar-refractivity contribution in [3.05, 3.63) is 39.9 Å². The minimum absolute atomic E-state index is 0.0894. The van der Waals surface area contributed by atoms with Crippen LogP contribution in [0, 0.1) is 16.0 Å². The Kier molecular flexibility index (Phi) is 9.54. The summed E-state index contributed by atoms with van der Waals surface area (Å²) >= 11 is 0. The Morgan fingerprint density at radius 1 is 1.24 bits per heavy atom. The van der Waals surface area contributed by atoms with E-state index in [-0.39, 0.29) is 5.69 Å². The Balaban J connectivity index is 2.66. The molecule has 0 heterocycles. The molecule has 0 bridgehead atoms. The lowest BCUT2D eigenvalue weighted by atomic mass is 10.0. The van der Waals surface area contributed by atoms with E-state index in [1.165, 1.54) is 12.1 Å². The van der Waals surface area contributed by atoms with E-state index in [9.17, 15) is 10.1 Å². The highest BCUT2D eigenvalue weighted by molar-refractivity contribution is 5.80. The molecular weight excluding hydrogens is 320 g/mol. The molecule has 1 rings (SSSR count). The van der Waals surface area contributed by atoms with E-state index < -0.39 is 4.92 Å². The van der Waals surface area contributed by atoms with Crippen molar-refractivity contribution in [2.24, 2.45) is 10.9 Å². The van der Waals surface area contributed by atoms with Gasteiger partial charge in [-0.05, 0) is 31.2 Å². The van der Waals surface area contributed by atoms with Gasteiger partial charge in [-0.2, -0.15) is 0 Å². The molecule has 0 fully saturated rings. The molecule has 7 nitrogen and oxygen atoms in total. The molecule has 0 aliphatic carbocycles. The fourth-order valence-electron chi connectivity index (χ4n) is 2.21. The molecule has 0 aromatic heterocycles. The highest BCUT2D eigenvalue weighted by Crippen LogP contribution is 2.12. The summed E-state index contributed by atoms with van der Waals surface area (Å²) in [4.78, 5) is 14.9. The number of hydrogen-bond acceptors (Lipinski definition) is 4. The van der Waals surface area contributed by atoms with E-state index in [0.717, 1.165) is 24.4 Å². The summed E-state index contributed by atoms with van der Waals surface area (Å²) in [6.45, 7) is 8.29. The van der Waals surface area contributed by atoms with Crippen LogP contribution in [0.5, 0.6) is 0 Å². The number of ether oxygens (including phenoxy) is 1. The molecule has 0 aliphatic rings. The largest absolute Gasteiger partial charge is 0.383 e. The third kappa shape index (κ3) is 9.05. The summed E-state index contributed by atoms with van der Waals surface area (Å²) in [7, 11) is 1.66. The maximum Gasteiger partial charge on any atom is 0.269 e. The summed E-state index contributed by atoms with van der Waals surface area (Å²) in [6.07, 6.45) is 2.22. The molecule has 1 unspecified atom stereocenters. The van der Waals surface area contributed by atoms with Gasteiger partial charge in [0.25, 0.3) is 5.69 Å². The van der Waals surface area contributed by atoms with Crippen LogP contribution >= 0.6 is 0 Å². The first-order valence-electron chi connectivity index (χ1n) is 8.69. The molecule has 1 aromatic carbocycles. The second-order valence-corrected chi connectivity index (χ2v) is 6.52. The van der Waals surface area contributed by atoms with Gasteiger partial charge in [-0.25, -0.2) is 4.99 Å². The summed E-state index contributed by atoms with van der Waals surface area (Å²) < 4.78 is 5.07. The van der Waals surface area contributed by atoms with E-state index in [1.54, 1.807) is 19.2 Å². The summed E-state index contributed by atoms with van der Waals surface area (Å²) in [5, 5.41) is 17.4. The van der Waals surface area contributed by atoms with Crippen LogP contribution < -0.4 is 10.6 Å². The van der Waals surface area contributed by atoms with Crippen LogP contribution in [0.4, 0.5) is 5.69 Å². The Hall–Kier alpha value is -2.15. The fraction of sp³-hybridized carbons (Fsp3) is 0.611. The van der Waals surface area contributed by atoms with E-state index in [0.29, 0.717) is 31.7 Å². The van der Waals surface area contributed by atoms with Crippen molar-refractivity contribution in [3.63, 3.8) is 0 Å². The van der Waals surface area contributed by atoms with Gasteiger partial charge < -0.3 is 15.4 Å². The molecule has 0 radical (unpaired) electrons. The Labute approximate surface area is 150 Å². The number of nitrogens with one attached hydrogen (secondary N) is 2. The SMILES string of the molecule is COCCNC(=NCc1ccc([N+](=O)[O-])cc1)NC(C)CCC(C)C. The molecule has 1 atom stereocenters. The molecule has 7 heteroatoms. The lowest BCUT2D eigenvalue weighted by Gasteiger charge is -2.19. The molecular formula is C18H30N4O3. The van der Waals surface area contributed by atoms with E-state index in [2.05, 4.69) is 36.4 Å². The van der Waals surface area contributed by atoms with Crippen LogP contribution in [0.25, 0.3) is 0 Å². The normalized spacial score (nSPS) is 12.9. The Morgan fingerprint density at radius 3 is 2.48 bits per heavy atom. The number of nitro groups is 1. The van der Waals surface area contributed by atoms with Crippen LogP contribution in [-0.4, -0.2) is 37.2 Å². The molecule has 0 saturated heterocycles. The average molecular weight is 350 g/mol. The van der Waals surface area contributed by atoms with Gasteiger partial charge in [0, 0.05) is 31.8 Å². The van der Waals surface area contributed by atoms with Crippen molar-refractivity contribution in [3.8, 4) is 0 Å². The molecule has 0 amide bonds. The first-order valence-corrected chi connectivity index (χ1v) is 8.69. The van der Waals surface area contributed by atoms with E-state index in [1.807, 2.05) is 0 Å². The molecule has 0 saturated carbocycles. The fourth-order valence-corrected chi connectivity index (χ4v) is 2.21. The van der Waals surface area contributed by atoms with Crippen molar-refractivity contribution in [2.45, 2.75) is 46.2 Å². The second kappa shape index (κ2) is 11.4. The van der Waals surface area contributed by atoms with Gasteiger partial charge >= 0.3 is 0 Å². The first kappa shape index (κ1) is 20.9. The monoisotopic (exact) mass is 350 g/mol. The highest BCUT2D eigenvalue weighted by atomic mass is 16.6. The number of guanidine groups is 1. The highest BCUT2D eigenvalue weighted by Gasteiger charge is 2.07. The zero-order valence-corrected chi connectivity index (χ0v) is 15.6. The van der Waals surface area contributed by atoms with Gasteiger partial charge in [0.1, 0.15) is 0 Å². The van der Waals surface area contributed by atoms with Crippen molar-refractivity contribution >= 4 is 11.6 Å².